The van der Waals surface area contributed by atoms with E-state index in [1.807, 2.05) is 6.92 Å². The molecule has 1 atom stereocenters. The Labute approximate surface area is 100.0 Å². The maximum Gasteiger partial charge on any atom is 0.273 e. The van der Waals surface area contributed by atoms with Crippen LogP contribution in [0.2, 0.25) is 0 Å². The summed E-state index contributed by atoms with van der Waals surface area (Å²) < 4.78 is 1.51. The number of hydrogen-bond acceptors (Lipinski definition) is 5. The third-order valence-electron chi connectivity index (χ3n) is 2.25. The molecule has 0 saturated carbocycles. The minimum Gasteiger partial charge on any atom is -0.391 e. The van der Waals surface area contributed by atoms with E-state index in [1.54, 1.807) is 0 Å². The van der Waals surface area contributed by atoms with E-state index < -0.39 is 6.10 Å². The van der Waals surface area contributed by atoms with Gasteiger partial charge in [-0.15, -0.1) is 5.10 Å². The smallest absolute Gasteiger partial charge is 0.273 e. The van der Waals surface area contributed by atoms with E-state index in [9.17, 15) is 9.90 Å². The summed E-state index contributed by atoms with van der Waals surface area (Å²) in [6, 6.07) is 0. The van der Waals surface area contributed by atoms with Crippen LogP contribution in [0.5, 0.6) is 0 Å². The number of hydrogen-bond donors (Lipinski definition) is 3. The van der Waals surface area contributed by atoms with Gasteiger partial charge < -0.3 is 16.2 Å². The normalized spacial score (nSPS) is 12.4. The van der Waals surface area contributed by atoms with Gasteiger partial charge in [-0.2, -0.15) is 0 Å². The van der Waals surface area contributed by atoms with Gasteiger partial charge in [-0.25, -0.2) is 0 Å². The first-order valence-corrected chi connectivity index (χ1v) is 5.73. The lowest BCUT2D eigenvalue weighted by molar-refractivity contribution is 0.0905. The molecule has 7 nitrogen and oxygen atoms in total. The molecule has 0 aliphatic carbocycles. The average Bonchev–Trinajstić information content (AvgIpc) is 2.75. The third-order valence-corrected chi connectivity index (χ3v) is 2.25. The number of nitrogens with zero attached hydrogens (tertiary/aromatic N) is 3. The molecule has 0 radical (unpaired) electrons. The molecule has 0 saturated heterocycles. The topological polar surface area (TPSA) is 106 Å². The zero-order valence-electron chi connectivity index (χ0n) is 9.96. The fraction of sp³-hybridized carbons (Fsp3) is 0.700. The summed E-state index contributed by atoms with van der Waals surface area (Å²) in [5, 5.41) is 19.5. The van der Waals surface area contributed by atoms with Gasteiger partial charge in [-0.05, 0) is 6.42 Å². The highest BCUT2D eigenvalue weighted by Crippen LogP contribution is 1.96. The van der Waals surface area contributed by atoms with Crippen molar-refractivity contribution in [1.82, 2.24) is 20.3 Å². The van der Waals surface area contributed by atoms with Crippen molar-refractivity contribution in [2.45, 2.75) is 32.4 Å². The SMILES string of the molecule is CCCC(O)CNC(=O)c1cn(CCN)nn1. The minimum atomic E-state index is -0.511. The predicted octanol–water partition coefficient (Wildman–Crippen LogP) is -0.872. The molecule has 0 fully saturated rings. The molecule has 1 rings (SSSR count). The quantitative estimate of drug-likeness (QED) is 0.575. The molecule has 0 aromatic carbocycles. The van der Waals surface area contributed by atoms with Gasteiger partial charge in [-0.1, -0.05) is 18.6 Å². The number of carbonyl (C=O) groups is 1. The van der Waals surface area contributed by atoms with Crippen LogP contribution in [0.25, 0.3) is 0 Å². The maximum atomic E-state index is 11.6. The van der Waals surface area contributed by atoms with E-state index in [2.05, 4.69) is 15.6 Å². The molecule has 0 bridgehead atoms. The Morgan fingerprint density at radius 3 is 3.12 bits per heavy atom. The molecule has 0 spiro atoms. The standard InChI is InChI=1S/C10H19N5O2/c1-2-3-8(16)6-12-10(17)9-7-15(5-4-11)14-13-9/h7-8,16H,2-6,11H2,1H3,(H,12,17). The zero-order valence-corrected chi connectivity index (χ0v) is 9.96. The van der Waals surface area contributed by atoms with Gasteiger partial charge in [0.1, 0.15) is 0 Å². The summed E-state index contributed by atoms with van der Waals surface area (Å²) >= 11 is 0. The van der Waals surface area contributed by atoms with Gasteiger partial charge in [-0.3, -0.25) is 9.48 Å². The monoisotopic (exact) mass is 241 g/mol. The van der Waals surface area contributed by atoms with Crippen molar-refractivity contribution < 1.29 is 9.90 Å². The Morgan fingerprint density at radius 1 is 1.71 bits per heavy atom. The summed E-state index contributed by atoms with van der Waals surface area (Å²) in [6.45, 7) is 3.18. The lowest BCUT2D eigenvalue weighted by Gasteiger charge is -2.09. The van der Waals surface area contributed by atoms with Crippen molar-refractivity contribution in [3.05, 3.63) is 11.9 Å². The van der Waals surface area contributed by atoms with Crippen molar-refractivity contribution in [1.29, 1.82) is 0 Å². The molecule has 7 heteroatoms. The Balaban J connectivity index is 2.40. The fourth-order valence-corrected chi connectivity index (χ4v) is 1.38. The van der Waals surface area contributed by atoms with Crippen LogP contribution in [-0.4, -0.2) is 45.2 Å². The van der Waals surface area contributed by atoms with Gasteiger partial charge >= 0.3 is 0 Å². The van der Waals surface area contributed by atoms with E-state index in [4.69, 9.17) is 5.73 Å². The number of aliphatic hydroxyl groups excluding tert-OH is 1. The van der Waals surface area contributed by atoms with Crippen LogP contribution in [0.3, 0.4) is 0 Å². The van der Waals surface area contributed by atoms with Gasteiger partial charge in [0, 0.05) is 13.1 Å². The lowest BCUT2D eigenvalue weighted by Crippen LogP contribution is -2.32. The van der Waals surface area contributed by atoms with Gasteiger partial charge in [0.15, 0.2) is 5.69 Å². The molecule has 1 amide bonds. The minimum absolute atomic E-state index is 0.233. The summed E-state index contributed by atoms with van der Waals surface area (Å²) in [7, 11) is 0. The van der Waals surface area contributed by atoms with Crippen LogP contribution in [-0.2, 0) is 6.54 Å². The van der Waals surface area contributed by atoms with Crippen molar-refractivity contribution in [3.63, 3.8) is 0 Å². The van der Waals surface area contributed by atoms with E-state index in [0.29, 0.717) is 19.5 Å². The van der Waals surface area contributed by atoms with Crippen LogP contribution < -0.4 is 11.1 Å². The van der Waals surface area contributed by atoms with E-state index in [0.717, 1.165) is 6.42 Å². The second kappa shape index (κ2) is 6.97. The van der Waals surface area contributed by atoms with Crippen LogP contribution in [0.15, 0.2) is 6.20 Å². The first-order chi connectivity index (χ1) is 8.17. The molecule has 0 aliphatic heterocycles. The van der Waals surface area contributed by atoms with Gasteiger partial charge in [0.2, 0.25) is 0 Å². The number of nitrogens with one attached hydrogen (secondary N) is 1. The van der Waals surface area contributed by atoms with Crippen molar-refractivity contribution in [2.75, 3.05) is 13.1 Å². The Kier molecular flexibility index (Phi) is 5.58. The number of amides is 1. The molecule has 17 heavy (non-hydrogen) atoms. The van der Waals surface area contributed by atoms with E-state index >= 15 is 0 Å². The molecule has 1 aromatic heterocycles. The summed E-state index contributed by atoms with van der Waals surface area (Å²) in [5.74, 6) is -0.330. The van der Waals surface area contributed by atoms with Crippen molar-refractivity contribution in [3.8, 4) is 0 Å². The Bertz CT molecular complexity index is 352. The second-order valence-electron chi connectivity index (χ2n) is 3.81. The van der Waals surface area contributed by atoms with Crippen LogP contribution in [0, 0.1) is 0 Å². The number of nitrogens with two attached hydrogens (primary N) is 1. The van der Waals surface area contributed by atoms with Crippen LogP contribution in [0.4, 0.5) is 0 Å². The molecular weight excluding hydrogens is 222 g/mol. The predicted molar refractivity (Wildman–Crippen MR) is 62.3 cm³/mol. The molecule has 4 N–H and O–H groups in total. The number of aromatic nitrogens is 3. The molecule has 0 aliphatic rings. The molecule has 96 valence electrons. The second-order valence-corrected chi connectivity index (χ2v) is 3.81. The fourth-order valence-electron chi connectivity index (χ4n) is 1.38. The van der Waals surface area contributed by atoms with E-state index in [1.165, 1.54) is 10.9 Å². The first-order valence-electron chi connectivity index (χ1n) is 5.73. The van der Waals surface area contributed by atoms with E-state index in [-0.39, 0.29) is 18.1 Å². The maximum absolute atomic E-state index is 11.6. The zero-order chi connectivity index (χ0) is 12.7. The summed E-state index contributed by atoms with van der Waals surface area (Å²) in [6.07, 6.45) is 2.57. The summed E-state index contributed by atoms with van der Waals surface area (Å²) in [5.41, 5.74) is 5.59. The lowest BCUT2D eigenvalue weighted by atomic mass is 10.2. The molecule has 1 unspecified atom stereocenters. The van der Waals surface area contributed by atoms with Crippen LogP contribution >= 0.6 is 0 Å². The number of aliphatic hydroxyl groups is 1. The average molecular weight is 241 g/mol. The molecule has 1 aromatic rings. The van der Waals surface area contributed by atoms with Gasteiger partial charge in [0.25, 0.3) is 5.91 Å². The highest BCUT2D eigenvalue weighted by molar-refractivity contribution is 5.91. The highest BCUT2D eigenvalue weighted by atomic mass is 16.3. The molecular formula is C10H19N5O2. The number of rotatable bonds is 7. The summed E-state index contributed by atoms with van der Waals surface area (Å²) in [4.78, 5) is 11.6. The van der Waals surface area contributed by atoms with Gasteiger partial charge in [0.05, 0.1) is 18.8 Å². The number of carbonyl (C=O) groups excluding carboxylic acids is 1. The van der Waals surface area contributed by atoms with Crippen molar-refractivity contribution in [2.24, 2.45) is 5.73 Å². The highest BCUT2D eigenvalue weighted by Gasteiger charge is 2.11. The Morgan fingerprint density at radius 2 is 2.47 bits per heavy atom. The van der Waals surface area contributed by atoms with Crippen molar-refractivity contribution >= 4 is 5.91 Å². The third kappa shape index (κ3) is 4.49. The molecule has 1 heterocycles. The Hall–Kier alpha value is -1.47. The largest absolute Gasteiger partial charge is 0.391 e. The first kappa shape index (κ1) is 13.6. The van der Waals surface area contributed by atoms with Crippen LogP contribution in [0.1, 0.15) is 30.3 Å².